The van der Waals surface area contributed by atoms with E-state index >= 15 is 0 Å². The molecule has 1 amide bonds. The number of aryl methyl sites for hydroxylation is 2. The summed E-state index contributed by atoms with van der Waals surface area (Å²) in [7, 11) is 0. The highest BCUT2D eigenvalue weighted by Gasteiger charge is 2.24. The molecule has 156 valence electrons. The Morgan fingerprint density at radius 2 is 1.97 bits per heavy atom. The van der Waals surface area contributed by atoms with E-state index in [1.165, 1.54) is 22.5 Å². The van der Waals surface area contributed by atoms with Crippen LogP contribution in [0.3, 0.4) is 0 Å². The Balaban J connectivity index is 0.00000240. The summed E-state index contributed by atoms with van der Waals surface area (Å²) in [4.78, 5) is 22.9. The summed E-state index contributed by atoms with van der Waals surface area (Å²) < 4.78 is 7.15. The van der Waals surface area contributed by atoms with Crippen LogP contribution in [0, 0.1) is 13.8 Å². The lowest BCUT2D eigenvalue weighted by Crippen LogP contribution is -2.43. The molecule has 1 fully saturated rings. The Labute approximate surface area is 189 Å². The summed E-state index contributed by atoms with van der Waals surface area (Å²) >= 11 is 8.95. The van der Waals surface area contributed by atoms with Crippen molar-refractivity contribution in [2.45, 2.75) is 13.8 Å². The molecule has 5 nitrogen and oxygen atoms in total. The number of hydrogen-bond donors (Lipinski definition) is 0. The predicted molar refractivity (Wildman–Crippen MR) is 125 cm³/mol. The highest BCUT2D eigenvalue weighted by Crippen LogP contribution is 2.33. The normalized spacial score (nSPS) is 14.7. The molecule has 0 N–H and O–H groups in total. The smallest absolute Gasteiger partial charge is 0.270 e. The predicted octanol–water partition coefficient (Wildman–Crippen LogP) is 5.03. The molecule has 0 unspecified atom stereocenters. The Kier molecular flexibility index (Phi) is 7.53. The van der Waals surface area contributed by atoms with Crippen LogP contribution in [0.4, 0.5) is 5.13 Å². The number of benzene rings is 1. The van der Waals surface area contributed by atoms with Gasteiger partial charge in [0.1, 0.15) is 0 Å². The lowest BCUT2D eigenvalue weighted by Gasteiger charge is -2.29. The first-order valence-electron chi connectivity index (χ1n) is 9.27. The lowest BCUT2D eigenvalue weighted by atomic mass is 10.1. The van der Waals surface area contributed by atoms with E-state index in [2.05, 4.69) is 30.9 Å². The summed E-state index contributed by atoms with van der Waals surface area (Å²) in [6.07, 6.45) is 0. The zero-order valence-corrected chi connectivity index (χ0v) is 19.5. The molecule has 2 aromatic heterocycles. The number of thiophene rings is 1. The number of hydrogen-bond acceptors (Lipinski definition) is 6. The molecule has 3 heterocycles. The third-order valence-electron chi connectivity index (χ3n) is 5.08. The van der Waals surface area contributed by atoms with E-state index in [1.807, 2.05) is 0 Å². The van der Waals surface area contributed by atoms with Crippen LogP contribution in [0.2, 0.25) is 4.34 Å². The van der Waals surface area contributed by atoms with E-state index < -0.39 is 0 Å². The quantitative estimate of drug-likeness (QED) is 0.523. The minimum absolute atomic E-state index is 0. The Morgan fingerprint density at radius 1 is 1.21 bits per heavy atom. The van der Waals surface area contributed by atoms with Gasteiger partial charge in [-0.15, -0.1) is 23.7 Å². The summed E-state index contributed by atoms with van der Waals surface area (Å²) in [5.74, 6) is -0.0430. The van der Waals surface area contributed by atoms with Gasteiger partial charge < -0.3 is 4.74 Å². The van der Waals surface area contributed by atoms with Crippen molar-refractivity contribution in [3.63, 3.8) is 0 Å². The van der Waals surface area contributed by atoms with Gasteiger partial charge in [0, 0.05) is 26.2 Å². The van der Waals surface area contributed by atoms with Crippen molar-refractivity contribution in [1.29, 1.82) is 0 Å². The second-order valence-corrected chi connectivity index (χ2v) is 9.59. The number of carbonyl (C=O) groups is 1. The molecule has 1 saturated heterocycles. The SMILES string of the molecule is Cc1ccc2sc(N(CCN3CCOCC3)C(=O)c3ccc(Cl)s3)nc2c1C.Cl. The summed E-state index contributed by atoms with van der Waals surface area (Å²) in [5, 5.41) is 0.742. The minimum atomic E-state index is -0.0430. The number of carbonyl (C=O) groups excluding carboxylic acids is 1. The van der Waals surface area contributed by atoms with Crippen LogP contribution >= 0.6 is 46.7 Å². The van der Waals surface area contributed by atoms with Crippen molar-refractivity contribution >= 4 is 67.9 Å². The van der Waals surface area contributed by atoms with E-state index in [4.69, 9.17) is 21.3 Å². The van der Waals surface area contributed by atoms with Gasteiger partial charge in [0.25, 0.3) is 5.91 Å². The van der Waals surface area contributed by atoms with Crippen LogP contribution in [0.25, 0.3) is 10.2 Å². The van der Waals surface area contributed by atoms with Crippen LogP contribution < -0.4 is 4.90 Å². The van der Waals surface area contributed by atoms with Gasteiger partial charge in [0.05, 0.1) is 32.6 Å². The Morgan fingerprint density at radius 3 is 2.66 bits per heavy atom. The van der Waals surface area contributed by atoms with Gasteiger partial charge in [0.15, 0.2) is 5.13 Å². The highest BCUT2D eigenvalue weighted by atomic mass is 35.5. The Bertz CT molecular complexity index is 999. The molecule has 3 aromatic rings. The molecule has 1 aliphatic heterocycles. The molecule has 4 rings (SSSR count). The highest BCUT2D eigenvalue weighted by molar-refractivity contribution is 7.22. The van der Waals surface area contributed by atoms with Gasteiger partial charge in [-0.25, -0.2) is 4.98 Å². The number of morpholine rings is 1. The number of fused-ring (bicyclic) bond motifs is 1. The first-order valence-corrected chi connectivity index (χ1v) is 11.3. The number of amides is 1. The molecule has 0 spiro atoms. The molecule has 9 heteroatoms. The van der Waals surface area contributed by atoms with Gasteiger partial charge in [-0.05, 0) is 43.2 Å². The van der Waals surface area contributed by atoms with Crippen molar-refractivity contribution in [1.82, 2.24) is 9.88 Å². The van der Waals surface area contributed by atoms with Crippen LogP contribution in [-0.4, -0.2) is 55.2 Å². The maximum Gasteiger partial charge on any atom is 0.270 e. The Hall–Kier alpha value is -1.22. The van der Waals surface area contributed by atoms with Crippen LogP contribution in [0.5, 0.6) is 0 Å². The average molecular weight is 472 g/mol. The lowest BCUT2D eigenvalue weighted by molar-refractivity contribution is 0.0391. The number of halogens is 2. The first-order chi connectivity index (χ1) is 13.5. The van der Waals surface area contributed by atoms with Crippen molar-refractivity contribution in [3.8, 4) is 0 Å². The van der Waals surface area contributed by atoms with E-state index in [0.717, 1.165) is 48.2 Å². The fraction of sp³-hybridized carbons (Fsp3) is 0.400. The average Bonchev–Trinajstić information content (AvgIpc) is 3.32. The molecule has 0 atom stereocenters. The van der Waals surface area contributed by atoms with E-state index in [1.54, 1.807) is 28.4 Å². The van der Waals surface area contributed by atoms with E-state index in [-0.39, 0.29) is 18.3 Å². The van der Waals surface area contributed by atoms with Gasteiger partial charge in [-0.2, -0.15) is 0 Å². The van der Waals surface area contributed by atoms with E-state index in [9.17, 15) is 4.79 Å². The summed E-state index contributed by atoms with van der Waals surface area (Å²) in [5.41, 5.74) is 3.36. The molecule has 0 bridgehead atoms. The van der Waals surface area contributed by atoms with E-state index in [0.29, 0.717) is 15.8 Å². The third kappa shape index (κ3) is 4.93. The van der Waals surface area contributed by atoms with Crippen molar-refractivity contribution < 1.29 is 9.53 Å². The molecular formula is C20H23Cl2N3O2S2. The number of rotatable bonds is 5. The minimum Gasteiger partial charge on any atom is -0.379 e. The second-order valence-electron chi connectivity index (χ2n) is 6.87. The first kappa shape index (κ1) is 22.5. The molecule has 29 heavy (non-hydrogen) atoms. The number of thiazole rings is 1. The molecule has 0 aliphatic carbocycles. The van der Waals surface area contributed by atoms with Gasteiger partial charge in [0.2, 0.25) is 0 Å². The maximum absolute atomic E-state index is 13.3. The topological polar surface area (TPSA) is 45.7 Å². The zero-order chi connectivity index (χ0) is 19.7. The maximum atomic E-state index is 13.3. The van der Waals surface area contributed by atoms with Crippen molar-refractivity contribution in [2.75, 3.05) is 44.3 Å². The van der Waals surface area contributed by atoms with Crippen LogP contribution in [-0.2, 0) is 4.74 Å². The van der Waals surface area contributed by atoms with Crippen molar-refractivity contribution in [2.24, 2.45) is 0 Å². The van der Waals surface area contributed by atoms with Gasteiger partial charge in [-0.1, -0.05) is 29.0 Å². The monoisotopic (exact) mass is 471 g/mol. The van der Waals surface area contributed by atoms with Gasteiger partial charge in [-0.3, -0.25) is 14.6 Å². The zero-order valence-electron chi connectivity index (χ0n) is 16.3. The third-order valence-corrected chi connectivity index (χ3v) is 7.34. The summed E-state index contributed by atoms with van der Waals surface area (Å²) in [6, 6.07) is 7.76. The molecule has 0 saturated carbocycles. The number of ether oxygens (including phenoxy) is 1. The van der Waals surface area contributed by atoms with Crippen LogP contribution in [0.15, 0.2) is 24.3 Å². The van der Waals surface area contributed by atoms with Crippen LogP contribution in [0.1, 0.15) is 20.8 Å². The molecule has 1 aliphatic rings. The largest absolute Gasteiger partial charge is 0.379 e. The number of nitrogens with zero attached hydrogens (tertiary/aromatic N) is 3. The second kappa shape index (κ2) is 9.73. The standard InChI is InChI=1S/C20H22ClN3O2S2.ClH/c1-13-3-4-15-18(14(13)2)22-20(28-15)24(8-7-23-9-11-26-12-10-23)19(25)16-5-6-17(21)27-16;/h3-6H,7-12H2,1-2H3;1H. The fourth-order valence-electron chi connectivity index (χ4n) is 3.24. The number of anilines is 1. The number of aromatic nitrogens is 1. The molecule has 0 radical (unpaired) electrons. The molecule has 1 aromatic carbocycles. The van der Waals surface area contributed by atoms with Gasteiger partial charge >= 0.3 is 0 Å². The fourth-order valence-corrected chi connectivity index (χ4v) is 5.28. The van der Waals surface area contributed by atoms with Crippen molar-refractivity contribution in [3.05, 3.63) is 44.6 Å². The molecular weight excluding hydrogens is 449 g/mol. The summed E-state index contributed by atoms with van der Waals surface area (Å²) in [6.45, 7) is 8.83.